The molecule has 31 heavy (non-hydrogen) atoms. The Hall–Kier alpha value is -3.12. The van der Waals surface area contributed by atoms with E-state index in [-0.39, 0.29) is 5.91 Å². The predicted octanol–water partition coefficient (Wildman–Crippen LogP) is 3.84. The van der Waals surface area contributed by atoms with E-state index in [1.54, 1.807) is 0 Å². The molecule has 0 saturated carbocycles. The Morgan fingerprint density at radius 2 is 1.97 bits per heavy atom. The topological polar surface area (TPSA) is 59.4 Å². The second-order valence-corrected chi connectivity index (χ2v) is 8.02. The van der Waals surface area contributed by atoms with Crippen LogP contribution in [0.1, 0.15) is 45.4 Å². The molecule has 2 aromatic carbocycles. The highest BCUT2D eigenvalue weighted by atomic mass is 16.5. The van der Waals surface area contributed by atoms with Gasteiger partial charge in [0.15, 0.2) is 0 Å². The van der Waals surface area contributed by atoms with Crippen LogP contribution in [0.2, 0.25) is 0 Å². The molecule has 2 heterocycles. The van der Waals surface area contributed by atoms with Gasteiger partial charge in [-0.05, 0) is 44.5 Å². The largest absolute Gasteiger partial charge is 0.492 e. The van der Waals surface area contributed by atoms with Crippen LogP contribution in [0.5, 0.6) is 5.75 Å². The molecule has 1 aliphatic heterocycles. The van der Waals surface area contributed by atoms with Crippen molar-refractivity contribution in [3.05, 3.63) is 82.2 Å². The summed E-state index contributed by atoms with van der Waals surface area (Å²) in [6, 6.07) is 15.7. The van der Waals surface area contributed by atoms with Crippen molar-refractivity contribution in [1.29, 1.82) is 0 Å². The maximum absolute atomic E-state index is 12.7. The van der Waals surface area contributed by atoms with E-state index in [4.69, 9.17) is 4.74 Å². The van der Waals surface area contributed by atoms with E-state index in [9.17, 15) is 4.79 Å². The van der Waals surface area contributed by atoms with Crippen molar-refractivity contribution in [3.8, 4) is 5.75 Å². The quantitative estimate of drug-likeness (QED) is 0.661. The molecule has 1 aromatic heterocycles. The van der Waals surface area contributed by atoms with Crippen molar-refractivity contribution in [3.63, 3.8) is 0 Å². The lowest BCUT2D eigenvalue weighted by molar-refractivity contribution is 0.0950. The van der Waals surface area contributed by atoms with Gasteiger partial charge in [-0.1, -0.05) is 30.3 Å². The third-order valence-electron chi connectivity index (χ3n) is 5.89. The molecule has 4 rings (SSSR count). The Bertz CT molecular complexity index is 1060. The van der Waals surface area contributed by atoms with Gasteiger partial charge in [-0.25, -0.2) is 0 Å². The van der Waals surface area contributed by atoms with Gasteiger partial charge in [0.1, 0.15) is 12.4 Å². The van der Waals surface area contributed by atoms with Crippen molar-refractivity contribution in [2.75, 3.05) is 13.2 Å². The van der Waals surface area contributed by atoms with Gasteiger partial charge in [-0.3, -0.25) is 14.4 Å². The monoisotopic (exact) mass is 418 g/mol. The van der Waals surface area contributed by atoms with E-state index in [2.05, 4.69) is 40.8 Å². The van der Waals surface area contributed by atoms with Crippen LogP contribution in [0.15, 0.2) is 48.5 Å². The Morgan fingerprint density at radius 3 is 2.71 bits per heavy atom. The molecular formula is C25H30N4O2. The molecule has 162 valence electrons. The zero-order valence-corrected chi connectivity index (χ0v) is 18.5. The number of hydrogen-bond acceptors (Lipinski definition) is 4. The fraction of sp³-hybridized carbons (Fsp3) is 0.360. The average molecular weight is 419 g/mol. The molecule has 3 aromatic rings. The van der Waals surface area contributed by atoms with Gasteiger partial charge >= 0.3 is 0 Å². The van der Waals surface area contributed by atoms with Crippen LogP contribution in [0.4, 0.5) is 0 Å². The van der Waals surface area contributed by atoms with E-state index in [1.165, 1.54) is 11.3 Å². The molecule has 0 atom stereocenters. The zero-order chi connectivity index (χ0) is 21.8. The van der Waals surface area contributed by atoms with Crippen LogP contribution in [-0.4, -0.2) is 33.7 Å². The minimum absolute atomic E-state index is 0.0710. The zero-order valence-electron chi connectivity index (χ0n) is 18.5. The van der Waals surface area contributed by atoms with Crippen LogP contribution >= 0.6 is 0 Å². The number of rotatable bonds is 6. The summed E-state index contributed by atoms with van der Waals surface area (Å²) in [7, 11) is 0. The predicted molar refractivity (Wildman–Crippen MR) is 121 cm³/mol. The van der Waals surface area contributed by atoms with Crippen LogP contribution in [0, 0.1) is 13.8 Å². The van der Waals surface area contributed by atoms with Crippen LogP contribution in [0.25, 0.3) is 0 Å². The molecule has 0 unspecified atom stereocenters. The van der Waals surface area contributed by atoms with Crippen LogP contribution < -0.4 is 10.1 Å². The SMILES string of the molecule is CCn1nc(C)c(CN2CCOc3ccc(C(=O)NCc4ccccc4)cc3C2)c1C. The third-order valence-corrected chi connectivity index (χ3v) is 5.89. The van der Waals surface area contributed by atoms with Crippen LogP contribution in [-0.2, 0) is 26.2 Å². The maximum Gasteiger partial charge on any atom is 0.251 e. The first-order valence-corrected chi connectivity index (χ1v) is 10.9. The molecule has 0 radical (unpaired) electrons. The highest BCUT2D eigenvalue weighted by Crippen LogP contribution is 2.26. The number of fused-ring (bicyclic) bond motifs is 1. The number of nitrogens with one attached hydrogen (secondary N) is 1. The normalized spacial score (nSPS) is 13.9. The Morgan fingerprint density at radius 1 is 1.16 bits per heavy atom. The summed E-state index contributed by atoms with van der Waals surface area (Å²) in [6.07, 6.45) is 0. The average Bonchev–Trinajstić information content (AvgIpc) is 2.94. The number of aryl methyl sites for hydroxylation is 2. The summed E-state index contributed by atoms with van der Waals surface area (Å²) in [5.41, 5.74) is 6.37. The summed E-state index contributed by atoms with van der Waals surface area (Å²) in [6.45, 7) is 10.7. The van der Waals surface area contributed by atoms with E-state index in [0.717, 1.165) is 48.7 Å². The number of nitrogens with zero attached hydrogens (tertiary/aromatic N) is 3. The summed E-state index contributed by atoms with van der Waals surface area (Å²) < 4.78 is 8.03. The number of amides is 1. The molecule has 0 bridgehead atoms. The second kappa shape index (κ2) is 9.35. The fourth-order valence-corrected chi connectivity index (χ4v) is 4.10. The number of ether oxygens (including phenoxy) is 1. The third kappa shape index (κ3) is 4.80. The molecule has 1 N–H and O–H groups in total. The molecule has 1 amide bonds. The maximum atomic E-state index is 12.7. The number of hydrogen-bond donors (Lipinski definition) is 1. The standard InChI is InChI=1S/C25H30N4O2/c1-4-29-19(3)23(18(2)27-29)17-28-12-13-31-24-11-10-21(14-22(24)16-28)25(30)26-15-20-8-6-5-7-9-20/h5-11,14H,4,12-13,15-17H2,1-3H3,(H,26,30). The highest BCUT2D eigenvalue weighted by molar-refractivity contribution is 5.94. The van der Waals surface area contributed by atoms with E-state index in [1.807, 2.05) is 48.5 Å². The molecule has 1 aliphatic rings. The Balaban J connectivity index is 1.47. The van der Waals surface area contributed by atoms with Gasteiger partial charge in [0.25, 0.3) is 5.91 Å². The summed E-state index contributed by atoms with van der Waals surface area (Å²) in [5.74, 6) is 0.790. The molecule has 0 saturated heterocycles. The molecule has 0 spiro atoms. The van der Waals surface area contributed by atoms with Crippen molar-refractivity contribution < 1.29 is 9.53 Å². The van der Waals surface area contributed by atoms with E-state index in [0.29, 0.717) is 18.7 Å². The number of aromatic nitrogens is 2. The highest BCUT2D eigenvalue weighted by Gasteiger charge is 2.20. The lowest BCUT2D eigenvalue weighted by Crippen LogP contribution is -2.26. The summed E-state index contributed by atoms with van der Waals surface area (Å²) >= 11 is 0. The van der Waals surface area contributed by atoms with Gasteiger partial charge in [-0.15, -0.1) is 0 Å². The Labute approximate surface area is 183 Å². The minimum atomic E-state index is -0.0710. The molecule has 0 fully saturated rings. The molecule has 6 heteroatoms. The van der Waals surface area contributed by atoms with Gasteiger partial charge in [-0.2, -0.15) is 5.10 Å². The first-order chi connectivity index (χ1) is 15.0. The smallest absolute Gasteiger partial charge is 0.251 e. The summed E-state index contributed by atoms with van der Waals surface area (Å²) in [4.78, 5) is 15.1. The van der Waals surface area contributed by atoms with Crippen molar-refractivity contribution in [2.45, 2.75) is 47.0 Å². The van der Waals surface area contributed by atoms with Gasteiger partial charge in [0.2, 0.25) is 0 Å². The van der Waals surface area contributed by atoms with Crippen molar-refractivity contribution in [2.24, 2.45) is 0 Å². The first-order valence-electron chi connectivity index (χ1n) is 10.9. The lowest BCUT2D eigenvalue weighted by Gasteiger charge is -2.20. The Kier molecular flexibility index (Phi) is 6.37. The van der Waals surface area contributed by atoms with E-state index < -0.39 is 0 Å². The van der Waals surface area contributed by atoms with Crippen molar-refractivity contribution >= 4 is 5.91 Å². The molecule has 6 nitrogen and oxygen atoms in total. The number of benzene rings is 2. The van der Waals surface area contributed by atoms with E-state index >= 15 is 0 Å². The van der Waals surface area contributed by atoms with Gasteiger partial charge in [0.05, 0.1) is 5.69 Å². The van der Waals surface area contributed by atoms with Crippen LogP contribution in [0.3, 0.4) is 0 Å². The molecular weight excluding hydrogens is 388 g/mol. The fourth-order valence-electron chi connectivity index (χ4n) is 4.10. The molecule has 0 aliphatic carbocycles. The minimum Gasteiger partial charge on any atom is -0.492 e. The summed E-state index contributed by atoms with van der Waals surface area (Å²) in [5, 5.41) is 7.66. The first kappa shape index (κ1) is 21.1. The number of carbonyl (C=O) groups excluding carboxylic acids is 1. The lowest BCUT2D eigenvalue weighted by atomic mass is 10.1. The number of carbonyl (C=O) groups is 1. The second-order valence-electron chi connectivity index (χ2n) is 8.02. The van der Waals surface area contributed by atoms with Crippen molar-refractivity contribution in [1.82, 2.24) is 20.0 Å². The van der Waals surface area contributed by atoms with Gasteiger partial charge < -0.3 is 10.1 Å². The van der Waals surface area contributed by atoms with Gasteiger partial charge in [0, 0.05) is 55.1 Å².